The molecule has 0 aliphatic carbocycles. The summed E-state index contributed by atoms with van der Waals surface area (Å²) in [6, 6.07) is 3.83. The van der Waals surface area contributed by atoms with E-state index in [1.807, 2.05) is 0 Å². The standard InChI is InChI=1S/C16H18F3N3O2/c1-2-3-4-5-8-22-10-14(20-21-22)12-6-7-15(13(9-12)11-23)24-16(17,18)19/h6-7,9-11H,2-5,8H2,1H3. The van der Waals surface area contributed by atoms with Crippen molar-refractivity contribution in [3.63, 3.8) is 0 Å². The van der Waals surface area contributed by atoms with Crippen molar-refractivity contribution in [3.8, 4) is 17.0 Å². The van der Waals surface area contributed by atoms with E-state index in [1.54, 1.807) is 10.9 Å². The van der Waals surface area contributed by atoms with Gasteiger partial charge in [-0.2, -0.15) is 0 Å². The van der Waals surface area contributed by atoms with Crippen LogP contribution in [-0.4, -0.2) is 27.6 Å². The van der Waals surface area contributed by atoms with Gasteiger partial charge in [0.2, 0.25) is 0 Å². The van der Waals surface area contributed by atoms with Crippen molar-refractivity contribution in [1.29, 1.82) is 0 Å². The first-order valence-corrected chi connectivity index (χ1v) is 7.68. The van der Waals surface area contributed by atoms with Gasteiger partial charge < -0.3 is 4.74 Å². The molecule has 0 unspecified atom stereocenters. The summed E-state index contributed by atoms with van der Waals surface area (Å²) < 4.78 is 42.4. The average Bonchev–Trinajstić information content (AvgIpc) is 2.99. The van der Waals surface area contributed by atoms with E-state index in [9.17, 15) is 18.0 Å². The molecule has 2 aromatic rings. The van der Waals surface area contributed by atoms with E-state index < -0.39 is 12.1 Å². The Morgan fingerprint density at radius 1 is 1.25 bits per heavy atom. The number of ether oxygens (including phenoxy) is 1. The van der Waals surface area contributed by atoms with E-state index in [0.717, 1.165) is 38.3 Å². The lowest BCUT2D eigenvalue weighted by Gasteiger charge is -2.11. The summed E-state index contributed by atoms with van der Waals surface area (Å²) in [5, 5.41) is 7.99. The molecule has 0 fully saturated rings. The zero-order chi connectivity index (χ0) is 17.6. The fraction of sp³-hybridized carbons (Fsp3) is 0.438. The maximum Gasteiger partial charge on any atom is 0.573 e. The summed E-state index contributed by atoms with van der Waals surface area (Å²) in [5.41, 5.74) is 0.806. The summed E-state index contributed by atoms with van der Waals surface area (Å²) in [5.74, 6) is -0.534. The highest BCUT2D eigenvalue weighted by Crippen LogP contribution is 2.29. The van der Waals surface area contributed by atoms with Crippen LogP contribution in [0.25, 0.3) is 11.3 Å². The van der Waals surface area contributed by atoms with Crippen LogP contribution in [-0.2, 0) is 6.54 Å². The SMILES string of the molecule is CCCCCCn1cc(-c2ccc(OC(F)(F)F)c(C=O)c2)nn1. The molecular weight excluding hydrogens is 323 g/mol. The molecule has 130 valence electrons. The maximum absolute atomic E-state index is 12.3. The largest absolute Gasteiger partial charge is 0.573 e. The number of rotatable bonds is 8. The van der Waals surface area contributed by atoms with E-state index in [1.165, 1.54) is 12.1 Å². The van der Waals surface area contributed by atoms with Gasteiger partial charge in [0.15, 0.2) is 6.29 Å². The molecule has 0 aliphatic heterocycles. The van der Waals surface area contributed by atoms with E-state index >= 15 is 0 Å². The normalized spacial score (nSPS) is 11.5. The van der Waals surface area contributed by atoms with Crippen molar-refractivity contribution < 1.29 is 22.7 Å². The molecule has 0 radical (unpaired) electrons. The van der Waals surface area contributed by atoms with Crippen LogP contribution in [0.1, 0.15) is 43.0 Å². The molecule has 24 heavy (non-hydrogen) atoms. The van der Waals surface area contributed by atoms with Gasteiger partial charge in [0.25, 0.3) is 0 Å². The minimum Gasteiger partial charge on any atom is -0.405 e. The number of aryl methyl sites for hydroxylation is 1. The Hall–Kier alpha value is -2.38. The predicted octanol–water partition coefficient (Wildman–Crippen LogP) is 4.24. The maximum atomic E-state index is 12.3. The van der Waals surface area contributed by atoms with Gasteiger partial charge in [0.05, 0.1) is 11.8 Å². The molecule has 0 spiro atoms. The molecule has 0 bridgehead atoms. The molecule has 0 saturated heterocycles. The number of hydrogen-bond acceptors (Lipinski definition) is 4. The quantitative estimate of drug-likeness (QED) is 0.532. The van der Waals surface area contributed by atoms with Gasteiger partial charge >= 0.3 is 6.36 Å². The monoisotopic (exact) mass is 341 g/mol. The fourth-order valence-electron chi connectivity index (χ4n) is 2.26. The first kappa shape index (κ1) is 18.0. The predicted molar refractivity (Wildman–Crippen MR) is 81.7 cm³/mol. The lowest BCUT2D eigenvalue weighted by Crippen LogP contribution is -2.18. The number of alkyl halides is 3. The second-order valence-corrected chi connectivity index (χ2v) is 5.35. The Bertz CT molecular complexity index is 683. The van der Waals surface area contributed by atoms with Crippen LogP contribution in [0.5, 0.6) is 5.75 Å². The van der Waals surface area contributed by atoms with E-state index in [4.69, 9.17) is 0 Å². The number of benzene rings is 1. The lowest BCUT2D eigenvalue weighted by molar-refractivity contribution is -0.274. The third kappa shape index (κ3) is 5.07. The fourth-order valence-corrected chi connectivity index (χ4v) is 2.26. The molecule has 0 atom stereocenters. The number of carbonyl (C=O) groups is 1. The van der Waals surface area contributed by atoms with Crippen LogP contribution in [0.2, 0.25) is 0 Å². The molecule has 1 aromatic heterocycles. The first-order chi connectivity index (χ1) is 11.4. The van der Waals surface area contributed by atoms with E-state index in [-0.39, 0.29) is 5.56 Å². The number of unbranched alkanes of at least 4 members (excludes halogenated alkanes) is 3. The highest BCUT2D eigenvalue weighted by molar-refractivity contribution is 5.82. The van der Waals surface area contributed by atoms with Crippen LogP contribution in [0.3, 0.4) is 0 Å². The van der Waals surface area contributed by atoms with Gasteiger partial charge in [-0.3, -0.25) is 9.48 Å². The first-order valence-electron chi connectivity index (χ1n) is 7.68. The Kier molecular flexibility index (Phi) is 5.94. The Labute approximate surface area is 137 Å². The second kappa shape index (κ2) is 7.94. The third-order valence-corrected chi connectivity index (χ3v) is 3.44. The number of aromatic nitrogens is 3. The summed E-state index contributed by atoms with van der Waals surface area (Å²) in [7, 11) is 0. The number of nitrogens with zero attached hydrogens (tertiary/aromatic N) is 3. The van der Waals surface area contributed by atoms with Crippen molar-refractivity contribution in [3.05, 3.63) is 30.0 Å². The summed E-state index contributed by atoms with van der Waals surface area (Å²) in [6.07, 6.45) is 1.56. The highest BCUT2D eigenvalue weighted by atomic mass is 19.4. The van der Waals surface area contributed by atoms with Crippen LogP contribution >= 0.6 is 0 Å². The zero-order valence-electron chi connectivity index (χ0n) is 13.2. The molecule has 2 rings (SSSR count). The number of halogens is 3. The van der Waals surface area contributed by atoms with Gasteiger partial charge in [-0.15, -0.1) is 18.3 Å². The molecule has 1 aromatic carbocycles. The summed E-state index contributed by atoms with van der Waals surface area (Å²) in [6.45, 7) is 2.85. The van der Waals surface area contributed by atoms with Crippen molar-refractivity contribution in [2.45, 2.75) is 45.5 Å². The van der Waals surface area contributed by atoms with Gasteiger partial charge in [0.1, 0.15) is 11.4 Å². The topological polar surface area (TPSA) is 57.0 Å². The molecule has 0 saturated carbocycles. The number of hydrogen-bond donors (Lipinski definition) is 0. The lowest BCUT2D eigenvalue weighted by atomic mass is 10.1. The number of carbonyl (C=O) groups excluding carboxylic acids is 1. The minimum absolute atomic E-state index is 0.192. The van der Waals surface area contributed by atoms with Gasteiger partial charge in [-0.05, 0) is 24.6 Å². The van der Waals surface area contributed by atoms with Crippen LogP contribution < -0.4 is 4.74 Å². The molecule has 5 nitrogen and oxygen atoms in total. The number of aldehydes is 1. The zero-order valence-corrected chi connectivity index (χ0v) is 13.2. The van der Waals surface area contributed by atoms with Crippen LogP contribution in [0.15, 0.2) is 24.4 Å². The Morgan fingerprint density at radius 2 is 2.04 bits per heavy atom. The highest BCUT2D eigenvalue weighted by Gasteiger charge is 2.32. The van der Waals surface area contributed by atoms with Gasteiger partial charge in [-0.1, -0.05) is 31.4 Å². The Balaban J connectivity index is 2.12. The molecular formula is C16H18F3N3O2. The Morgan fingerprint density at radius 3 is 2.71 bits per heavy atom. The molecule has 8 heteroatoms. The van der Waals surface area contributed by atoms with Crippen LogP contribution in [0, 0.1) is 0 Å². The minimum atomic E-state index is -4.85. The van der Waals surface area contributed by atoms with Crippen molar-refractivity contribution in [2.75, 3.05) is 0 Å². The van der Waals surface area contributed by atoms with Crippen molar-refractivity contribution in [1.82, 2.24) is 15.0 Å². The van der Waals surface area contributed by atoms with Crippen molar-refractivity contribution >= 4 is 6.29 Å². The van der Waals surface area contributed by atoms with Gasteiger partial charge in [-0.25, -0.2) is 0 Å². The molecule has 1 heterocycles. The van der Waals surface area contributed by atoms with Gasteiger partial charge in [0, 0.05) is 12.1 Å². The summed E-state index contributed by atoms with van der Waals surface area (Å²) in [4.78, 5) is 11.0. The van der Waals surface area contributed by atoms with E-state index in [0.29, 0.717) is 17.5 Å². The average molecular weight is 341 g/mol. The van der Waals surface area contributed by atoms with Crippen molar-refractivity contribution in [2.24, 2.45) is 0 Å². The van der Waals surface area contributed by atoms with Crippen LogP contribution in [0.4, 0.5) is 13.2 Å². The third-order valence-electron chi connectivity index (χ3n) is 3.44. The molecule has 0 amide bonds. The van der Waals surface area contributed by atoms with E-state index in [2.05, 4.69) is 22.0 Å². The second-order valence-electron chi connectivity index (χ2n) is 5.35. The molecule has 0 N–H and O–H groups in total. The summed E-state index contributed by atoms with van der Waals surface area (Å²) >= 11 is 0. The molecule has 0 aliphatic rings. The smallest absolute Gasteiger partial charge is 0.405 e.